The summed E-state index contributed by atoms with van der Waals surface area (Å²) in [5.74, 6) is 0.228. The van der Waals surface area contributed by atoms with Gasteiger partial charge in [0.1, 0.15) is 12.4 Å². The molecule has 0 aliphatic heterocycles. The predicted octanol–water partition coefficient (Wildman–Crippen LogP) is 3.32. The number of phenols is 1. The zero-order valence-corrected chi connectivity index (χ0v) is 7.92. The molecule has 0 spiro atoms. The van der Waals surface area contributed by atoms with E-state index in [0.717, 1.165) is 16.3 Å². The van der Waals surface area contributed by atoms with Crippen molar-refractivity contribution in [3.8, 4) is 5.75 Å². The lowest BCUT2D eigenvalue weighted by Gasteiger charge is -2.07. The van der Waals surface area contributed by atoms with Gasteiger partial charge in [-0.2, -0.15) is 0 Å². The Bertz CT molecular complexity index is 477. The van der Waals surface area contributed by atoms with Crippen LogP contribution in [0.1, 0.15) is 11.1 Å². The normalized spacial score (nSPS) is 10.7. The molecule has 0 unspecified atom stereocenters. The van der Waals surface area contributed by atoms with Crippen LogP contribution in [0.4, 0.5) is 4.39 Å². The van der Waals surface area contributed by atoms with Gasteiger partial charge in [-0.05, 0) is 41.0 Å². The van der Waals surface area contributed by atoms with Crippen molar-refractivity contribution in [3.63, 3.8) is 0 Å². The molecule has 0 aromatic heterocycles. The van der Waals surface area contributed by atoms with Gasteiger partial charge in [0.15, 0.2) is 0 Å². The maximum Gasteiger partial charge on any atom is 0.116 e. The summed E-state index contributed by atoms with van der Waals surface area (Å²) in [6.45, 7) is 1.41. The molecule has 0 saturated heterocycles. The smallest absolute Gasteiger partial charge is 0.116 e. The molecule has 0 fully saturated rings. The molecular weight excluding hydrogens is 179 g/mol. The summed E-state index contributed by atoms with van der Waals surface area (Å²) in [7, 11) is 0. The highest BCUT2D eigenvalue weighted by Crippen LogP contribution is 2.27. The van der Waals surface area contributed by atoms with Crippen LogP contribution >= 0.6 is 0 Å². The van der Waals surface area contributed by atoms with E-state index in [-0.39, 0.29) is 5.75 Å². The second-order valence-electron chi connectivity index (χ2n) is 3.41. The average Bonchev–Trinajstić information content (AvgIpc) is 2.16. The molecule has 1 N–H and O–H groups in total. The highest BCUT2D eigenvalue weighted by Gasteiger charge is 2.04. The van der Waals surface area contributed by atoms with Crippen LogP contribution < -0.4 is 0 Å². The summed E-state index contributed by atoms with van der Waals surface area (Å²) in [6, 6.07) is 8.76. The first kappa shape index (κ1) is 9.00. The monoisotopic (exact) mass is 190 g/mol. The number of phenolic OH excluding ortho intramolecular Hbond substituents is 1. The molecule has 2 aromatic carbocycles. The Balaban J connectivity index is 2.87. The fourth-order valence-electron chi connectivity index (χ4n) is 1.83. The number of fused-ring (bicyclic) bond motifs is 1. The van der Waals surface area contributed by atoms with E-state index in [0.29, 0.717) is 5.56 Å². The van der Waals surface area contributed by atoms with Crippen molar-refractivity contribution in [3.05, 3.63) is 41.5 Å². The van der Waals surface area contributed by atoms with E-state index in [2.05, 4.69) is 0 Å². The van der Waals surface area contributed by atoms with Gasteiger partial charge in [0.2, 0.25) is 0 Å². The fraction of sp³-hybridized carbons (Fsp3) is 0.167. The summed E-state index contributed by atoms with van der Waals surface area (Å²) in [5.41, 5.74) is 1.59. The number of aryl methyl sites for hydroxylation is 1. The number of hydrogen-bond acceptors (Lipinski definition) is 1. The second kappa shape index (κ2) is 3.29. The van der Waals surface area contributed by atoms with Crippen LogP contribution in [0.2, 0.25) is 0 Å². The molecule has 72 valence electrons. The van der Waals surface area contributed by atoms with Crippen LogP contribution in [0.15, 0.2) is 30.3 Å². The molecule has 0 heterocycles. The Kier molecular flexibility index (Phi) is 2.12. The summed E-state index contributed by atoms with van der Waals surface area (Å²) in [6.07, 6.45) is 0. The first-order chi connectivity index (χ1) is 6.72. The third kappa shape index (κ3) is 1.33. The third-order valence-corrected chi connectivity index (χ3v) is 2.39. The summed E-state index contributed by atoms with van der Waals surface area (Å²) in [4.78, 5) is 0. The van der Waals surface area contributed by atoms with Crippen molar-refractivity contribution in [2.45, 2.75) is 13.6 Å². The lowest BCUT2D eigenvalue weighted by atomic mass is 10.0. The summed E-state index contributed by atoms with van der Waals surface area (Å²) >= 11 is 0. The van der Waals surface area contributed by atoms with Gasteiger partial charge < -0.3 is 5.11 Å². The maximum absolute atomic E-state index is 12.7. The Morgan fingerprint density at radius 3 is 2.79 bits per heavy atom. The van der Waals surface area contributed by atoms with E-state index in [1.54, 1.807) is 24.3 Å². The molecule has 1 nitrogen and oxygen atoms in total. The zero-order valence-electron chi connectivity index (χ0n) is 7.92. The third-order valence-electron chi connectivity index (χ3n) is 2.39. The van der Waals surface area contributed by atoms with Crippen LogP contribution in [0, 0.1) is 6.92 Å². The minimum absolute atomic E-state index is 0.228. The minimum atomic E-state index is -0.469. The first-order valence-corrected chi connectivity index (χ1v) is 4.49. The molecular formula is C12H11FO. The van der Waals surface area contributed by atoms with E-state index in [1.807, 2.05) is 13.0 Å². The molecule has 2 rings (SSSR count). The number of alkyl halides is 1. The predicted molar refractivity (Wildman–Crippen MR) is 55.2 cm³/mol. The highest BCUT2D eigenvalue weighted by molar-refractivity contribution is 5.89. The lowest BCUT2D eigenvalue weighted by molar-refractivity contribution is 0.475. The number of rotatable bonds is 1. The molecule has 0 radical (unpaired) electrons. The van der Waals surface area contributed by atoms with E-state index in [9.17, 15) is 9.50 Å². The van der Waals surface area contributed by atoms with Gasteiger partial charge in [-0.1, -0.05) is 18.2 Å². The van der Waals surface area contributed by atoms with Gasteiger partial charge in [0.05, 0.1) is 0 Å². The average molecular weight is 190 g/mol. The molecule has 14 heavy (non-hydrogen) atoms. The molecule has 0 amide bonds. The van der Waals surface area contributed by atoms with Gasteiger partial charge in [-0.25, -0.2) is 4.39 Å². The van der Waals surface area contributed by atoms with Crippen molar-refractivity contribution in [2.24, 2.45) is 0 Å². The highest BCUT2D eigenvalue weighted by atomic mass is 19.1. The van der Waals surface area contributed by atoms with Crippen molar-refractivity contribution in [1.29, 1.82) is 0 Å². The van der Waals surface area contributed by atoms with Crippen LogP contribution in [0.25, 0.3) is 10.8 Å². The Hall–Kier alpha value is -1.57. The van der Waals surface area contributed by atoms with Gasteiger partial charge in [-0.3, -0.25) is 0 Å². The van der Waals surface area contributed by atoms with Crippen molar-refractivity contribution in [2.75, 3.05) is 0 Å². The molecule has 0 aliphatic carbocycles. The van der Waals surface area contributed by atoms with Gasteiger partial charge in [0, 0.05) is 0 Å². The number of benzene rings is 2. The SMILES string of the molecule is Cc1cc(O)cc2cccc(CF)c12. The molecule has 2 heteroatoms. The second-order valence-corrected chi connectivity index (χ2v) is 3.41. The van der Waals surface area contributed by atoms with Crippen LogP contribution in [-0.4, -0.2) is 5.11 Å². The Labute approximate surface area is 81.8 Å². The van der Waals surface area contributed by atoms with Crippen LogP contribution in [0.3, 0.4) is 0 Å². The van der Waals surface area contributed by atoms with Gasteiger partial charge >= 0.3 is 0 Å². The number of hydrogen-bond donors (Lipinski definition) is 1. The van der Waals surface area contributed by atoms with E-state index in [4.69, 9.17) is 0 Å². The number of aromatic hydroxyl groups is 1. The molecule has 0 atom stereocenters. The van der Waals surface area contributed by atoms with Gasteiger partial charge in [-0.15, -0.1) is 0 Å². The standard InChI is InChI=1S/C12H11FO/c1-8-5-11(14)6-9-3-2-4-10(7-13)12(8)9/h2-6,14H,7H2,1H3. The molecule has 0 bridgehead atoms. The molecule has 0 aliphatic rings. The largest absolute Gasteiger partial charge is 0.508 e. The summed E-state index contributed by atoms with van der Waals surface area (Å²) < 4.78 is 12.7. The topological polar surface area (TPSA) is 20.2 Å². The van der Waals surface area contributed by atoms with Crippen molar-refractivity contribution < 1.29 is 9.50 Å². The van der Waals surface area contributed by atoms with Gasteiger partial charge in [0.25, 0.3) is 0 Å². The number of halogens is 1. The van der Waals surface area contributed by atoms with Crippen LogP contribution in [-0.2, 0) is 6.67 Å². The quantitative estimate of drug-likeness (QED) is 0.731. The van der Waals surface area contributed by atoms with E-state index >= 15 is 0 Å². The van der Waals surface area contributed by atoms with E-state index in [1.165, 1.54) is 0 Å². The Morgan fingerprint density at radius 1 is 1.29 bits per heavy atom. The Morgan fingerprint density at radius 2 is 2.07 bits per heavy atom. The maximum atomic E-state index is 12.7. The fourth-order valence-corrected chi connectivity index (χ4v) is 1.83. The van der Waals surface area contributed by atoms with Crippen molar-refractivity contribution >= 4 is 10.8 Å². The van der Waals surface area contributed by atoms with E-state index < -0.39 is 6.67 Å². The minimum Gasteiger partial charge on any atom is -0.508 e. The molecule has 2 aromatic rings. The molecule has 0 saturated carbocycles. The first-order valence-electron chi connectivity index (χ1n) is 4.49. The summed E-state index contributed by atoms with van der Waals surface area (Å²) in [5, 5.41) is 11.2. The lowest BCUT2D eigenvalue weighted by Crippen LogP contribution is -1.86. The van der Waals surface area contributed by atoms with Crippen molar-refractivity contribution in [1.82, 2.24) is 0 Å². The van der Waals surface area contributed by atoms with Crippen LogP contribution in [0.5, 0.6) is 5.75 Å². The zero-order chi connectivity index (χ0) is 10.1.